The van der Waals surface area contributed by atoms with E-state index in [4.69, 9.17) is 9.16 Å². The molecule has 1 saturated heterocycles. The Morgan fingerprint density at radius 2 is 1.65 bits per heavy atom. The standard InChI is InChI=1S/C16H31NO5Si/c1-15(2,3)21-14(20)17(13(18)19)10-9-12(11-17)22-23(7,8)16(4,5)6/h12H,9-11H2,1-8H3/p+1/t12-,17?/m1/s1. The zero-order chi connectivity index (χ0) is 18.3. The van der Waals surface area contributed by atoms with E-state index in [0.717, 1.165) is 0 Å². The molecule has 1 rings (SSSR count). The molecule has 1 aliphatic heterocycles. The van der Waals surface area contributed by atoms with Gasteiger partial charge in [-0.3, -0.25) is 0 Å². The van der Waals surface area contributed by atoms with Gasteiger partial charge in [0.15, 0.2) is 8.32 Å². The molecule has 1 heterocycles. The minimum atomic E-state index is -2.00. The summed E-state index contributed by atoms with van der Waals surface area (Å²) in [6.45, 7) is 16.3. The van der Waals surface area contributed by atoms with Crippen molar-refractivity contribution in [2.75, 3.05) is 13.1 Å². The van der Waals surface area contributed by atoms with Crippen molar-refractivity contribution >= 4 is 20.5 Å². The lowest BCUT2D eigenvalue weighted by atomic mass is 10.2. The third-order valence-corrected chi connectivity index (χ3v) is 9.26. The van der Waals surface area contributed by atoms with E-state index in [1.165, 1.54) is 0 Å². The lowest BCUT2D eigenvalue weighted by Gasteiger charge is -2.38. The normalized spacial score (nSPS) is 26.2. The van der Waals surface area contributed by atoms with E-state index < -0.39 is 30.6 Å². The van der Waals surface area contributed by atoms with Crippen LogP contribution in [0.4, 0.5) is 9.59 Å². The molecular weight excluding hydrogens is 314 g/mol. The van der Waals surface area contributed by atoms with Crippen molar-refractivity contribution in [1.82, 2.24) is 0 Å². The maximum absolute atomic E-state index is 12.5. The fourth-order valence-corrected chi connectivity index (χ4v) is 3.73. The topological polar surface area (TPSA) is 72.8 Å². The molecule has 0 bridgehead atoms. The van der Waals surface area contributed by atoms with Crippen LogP contribution in [0.5, 0.6) is 0 Å². The molecule has 134 valence electrons. The molecule has 6 nitrogen and oxygen atoms in total. The number of hydrogen-bond donors (Lipinski definition) is 1. The lowest BCUT2D eigenvalue weighted by Crippen LogP contribution is -2.57. The average molecular weight is 347 g/mol. The molecule has 7 heteroatoms. The molecular formula is C16H32NO5Si+. The van der Waals surface area contributed by atoms with Crippen molar-refractivity contribution in [3.63, 3.8) is 0 Å². The second-order valence-corrected chi connectivity index (χ2v) is 13.7. The minimum absolute atomic E-state index is 0.0421. The average Bonchev–Trinajstić information content (AvgIpc) is 2.69. The molecule has 1 N–H and O–H groups in total. The number of carbonyl (C=O) groups is 2. The molecule has 1 unspecified atom stereocenters. The number of imide groups is 1. The van der Waals surface area contributed by atoms with Crippen LogP contribution in [0.15, 0.2) is 0 Å². The molecule has 1 aliphatic rings. The van der Waals surface area contributed by atoms with Gasteiger partial charge in [0.2, 0.25) is 0 Å². The summed E-state index contributed by atoms with van der Waals surface area (Å²) in [5.41, 5.74) is -0.712. The van der Waals surface area contributed by atoms with E-state index in [9.17, 15) is 14.7 Å². The van der Waals surface area contributed by atoms with Crippen LogP contribution >= 0.6 is 0 Å². The first kappa shape index (κ1) is 20.1. The fourth-order valence-electron chi connectivity index (χ4n) is 2.35. The van der Waals surface area contributed by atoms with E-state index in [1.54, 1.807) is 20.8 Å². The Hall–Kier alpha value is -0.923. The monoisotopic (exact) mass is 346 g/mol. The smallest absolute Gasteiger partial charge is 0.435 e. The largest absolute Gasteiger partial charge is 0.527 e. The zero-order valence-corrected chi connectivity index (χ0v) is 16.7. The van der Waals surface area contributed by atoms with Gasteiger partial charge in [-0.1, -0.05) is 20.8 Å². The first-order chi connectivity index (χ1) is 10.1. The minimum Gasteiger partial charge on any atom is -0.435 e. The highest BCUT2D eigenvalue weighted by Crippen LogP contribution is 2.39. The summed E-state index contributed by atoms with van der Waals surface area (Å²) < 4.78 is 10.9. The van der Waals surface area contributed by atoms with Gasteiger partial charge in [0.25, 0.3) is 0 Å². The van der Waals surface area contributed by atoms with E-state index >= 15 is 0 Å². The molecule has 0 spiro atoms. The third kappa shape index (κ3) is 4.55. The number of carbonyl (C=O) groups excluding carboxylic acids is 1. The first-order valence-corrected chi connectivity index (χ1v) is 11.0. The van der Waals surface area contributed by atoms with Crippen molar-refractivity contribution < 1.29 is 28.3 Å². The predicted molar refractivity (Wildman–Crippen MR) is 90.9 cm³/mol. The Morgan fingerprint density at radius 3 is 2.04 bits per heavy atom. The highest BCUT2D eigenvalue weighted by atomic mass is 28.4. The number of nitrogens with zero attached hydrogens (tertiary/aromatic N) is 1. The summed E-state index contributed by atoms with van der Waals surface area (Å²) in [5, 5.41) is 9.68. The summed E-state index contributed by atoms with van der Waals surface area (Å²) in [7, 11) is -2.00. The Labute approximate surface area is 140 Å². The van der Waals surface area contributed by atoms with Crippen molar-refractivity contribution in [2.24, 2.45) is 0 Å². The SMILES string of the molecule is CC(C)(C)OC(=O)[N+]1(C(=O)O)CC[C@@H](O[Si](C)(C)C(C)(C)C)C1. The van der Waals surface area contributed by atoms with E-state index in [-0.39, 0.29) is 24.2 Å². The highest BCUT2D eigenvalue weighted by molar-refractivity contribution is 6.74. The van der Waals surface area contributed by atoms with Crippen molar-refractivity contribution in [1.29, 1.82) is 0 Å². The van der Waals surface area contributed by atoms with Crippen molar-refractivity contribution in [3.05, 3.63) is 0 Å². The number of rotatable bonds is 2. The van der Waals surface area contributed by atoms with Gasteiger partial charge in [0, 0.05) is 6.42 Å². The van der Waals surface area contributed by atoms with Crippen LogP contribution in [0.3, 0.4) is 0 Å². The summed E-state index contributed by atoms with van der Waals surface area (Å²) in [6.07, 6.45) is -1.54. The number of likely N-dealkylation sites (tertiary alicyclic amines) is 1. The van der Waals surface area contributed by atoms with Crippen LogP contribution in [-0.2, 0) is 9.16 Å². The Morgan fingerprint density at radius 1 is 1.13 bits per heavy atom. The lowest BCUT2D eigenvalue weighted by molar-refractivity contribution is -0.774. The van der Waals surface area contributed by atoms with Gasteiger partial charge in [0.1, 0.15) is 24.8 Å². The number of hydrogen-bond acceptors (Lipinski definition) is 4. The molecule has 2 amide bonds. The fraction of sp³-hybridized carbons (Fsp3) is 0.875. The van der Waals surface area contributed by atoms with Gasteiger partial charge in [-0.15, -0.1) is 4.48 Å². The molecule has 0 aromatic heterocycles. The molecule has 1 fully saturated rings. The van der Waals surface area contributed by atoms with Crippen LogP contribution in [0.1, 0.15) is 48.0 Å². The Kier molecular flexibility index (Phi) is 5.41. The number of ether oxygens (including phenoxy) is 1. The zero-order valence-electron chi connectivity index (χ0n) is 15.7. The third-order valence-electron chi connectivity index (χ3n) is 4.72. The number of carboxylic acid groups (broad SMARTS) is 1. The van der Waals surface area contributed by atoms with Crippen LogP contribution in [0.25, 0.3) is 0 Å². The van der Waals surface area contributed by atoms with Gasteiger partial charge < -0.3 is 14.3 Å². The van der Waals surface area contributed by atoms with Gasteiger partial charge >= 0.3 is 12.2 Å². The molecule has 0 saturated carbocycles. The predicted octanol–water partition coefficient (Wildman–Crippen LogP) is 4.21. The van der Waals surface area contributed by atoms with E-state index in [1.807, 2.05) is 0 Å². The van der Waals surface area contributed by atoms with E-state index in [2.05, 4.69) is 33.9 Å². The molecule has 0 aromatic rings. The maximum Gasteiger partial charge on any atom is 0.527 e. The Balaban J connectivity index is 2.92. The van der Waals surface area contributed by atoms with Crippen LogP contribution in [0, 0.1) is 0 Å². The molecule has 2 atom stereocenters. The molecule has 0 aromatic carbocycles. The summed E-state index contributed by atoms with van der Waals surface area (Å²) in [5.74, 6) is 0. The first-order valence-electron chi connectivity index (χ1n) is 8.13. The van der Waals surface area contributed by atoms with Crippen LogP contribution in [-0.4, -0.2) is 54.9 Å². The quantitative estimate of drug-likeness (QED) is 0.599. The summed E-state index contributed by atoms with van der Waals surface area (Å²) in [4.78, 5) is 24.2. The van der Waals surface area contributed by atoms with Crippen molar-refractivity contribution in [2.45, 2.75) is 77.8 Å². The second kappa shape index (κ2) is 6.18. The summed E-state index contributed by atoms with van der Waals surface area (Å²) in [6, 6.07) is 0. The van der Waals surface area contributed by atoms with Crippen molar-refractivity contribution in [3.8, 4) is 0 Å². The van der Waals surface area contributed by atoms with E-state index in [0.29, 0.717) is 6.42 Å². The number of amides is 2. The highest BCUT2D eigenvalue weighted by Gasteiger charge is 2.56. The number of quaternary nitrogens is 1. The Bertz CT molecular complexity index is 478. The second-order valence-electron chi connectivity index (χ2n) is 8.93. The van der Waals surface area contributed by atoms with Gasteiger partial charge in [-0.2, -0.15) is 9.59 Å². The summed E-state index contributed by atoms with van der Waals surface area (Å²) >= 11 is 0. The van der Waals surface area contributed by atoms with Gasteiger partial charge in [-0.25, -0.2) is 0 Å². The molecule has 0 aliphatic carbocycles. The van der Waals surface area contributed by atoms with Crippen LogP contribution in [0.2, 0.25) is 18.1 Å². The van der Waals surface area contributed by atoms with Gasteiger partial charge in [0.05, 0.1) is 0 Å². The van der Waals surface area contributed by atoms with Crippen LogP contribution < -0.4 is 0 Å². The molecule has 0 radical (unpaired) electrons. The maximum atomic E-state index is 12.5. The molecule has 23 heavy (non-hydrogen) atoms. The van der Waals surface area contributed by atoms with Gasteiger partial charge in [-0.05, 0) is 38.9 Å².